The van der Waals surface area contributed by atoms with Gasteiger partial charge in [0.05, 0.1) is 31.1 Å². The number of hydrogen-bond acceptors (Lipinski definition) is 5. The normalized spacial score (nSPS) is 17.8. The Bertz CT molecular complexity index is 1250. The number of nitrogens with zero attached hydrogens (tertiary/aromatic N) is 5. The molecule has 1 unspecified atom stereocenters. The summed E-state index contributed by atoms with van der Waals surface area (Å²) in [4.78, 5) is 13.5. The molecule has 1 fully saturated rings. The predicted octanol–water partition coefficient (Wildman–Crippen LogP) is 4.34. The van der Waals surface area contributed by atoms with E-state index in [1.165, 1.54) is 20.2 Å². The van der Waals surface area contributed by atoms with Crippen LogP contribution in [0, 0.1) is 0 Å². The van der Waals surface area contributed by atoms with Gasteiger partial charge in [0.1, 0.15) is 5.69 Å². The Morgan fingerprint density at radius 1 is 1.24 bits per heavy atom. The molecule has 34 heavy (non-hydrogen) atoms. The van der Waals surface area contributed by atoms with E-state index >= 15 is 0 Å². The Morgan fingerprint density at radius 3 is 2.65 bits per heavy atom. The van der Waals surface area contributed by atoms with Crippen molar-refractivity contribution in [2.45, 2.75) is 32.1 Å². The molecule has 3 aromatic rings. The molecule has 0 saturated carbocycles. The van der Waals surface area contributed by atoms with E-state index in [4.69, 9.17) is 9.84 Å². The lowest BCUT2D eigenvalue weighted by Crippen LogP contribution is -2.25. The minimum Gasteiger partial charge on any atom is -0.379 e. The summed E-state index contributed by atoms with van der Waals surface area (Å²) in [6, 6.07) is 6.74. The Hall–Kier alpha value is -3.60. The smallest absolute Gasteiger partial charge is 0.379 e. The second-order valence-electron chi connectivity index (χ2n) is 8.37. The van der Waals surface area contributed by atoms with E-state index in [2.05, 4.69) is 10.4 Å². The minimum absolute atomic E-state index is 0.0201. The van der Waals surface area contributed by atoms with Crippen LogP contribution in [0.15, 0.2) is 36.7 Å². The molecular weight excluding hydrogens is 449 g/mol. The summed E-state index contributed by atoms with van der Waals surface area (Å²) in [5, 5.41) is 11.8. The van der Waals surface area contributed by atoms with Crippen LogP contribution in [0.3, 0.4) is 0 Å². The second kappa shape index (κ2) is 8.32. The summed E-state index contributed by atoms with van der Waals surface area (Å²) in [5.41, 5.74) is 2.09. The maximum Gasteiger partial charge on any atom is 0.433 e. The number of nitrogens with one attached hydrogen (secondary N) is 1. The van der Waals surface area contributed by atoms with Gasteiger partial charge in [0, 0.05) is 43.6 Å². The van der Waals surface area contributed by atoms with Crippen LogP contribution >= 0.6 is 0 Å². The van der Waals surface area contributed by atoms with E-state index in [1.807, 2.05) is 10.8 Å². The van der Waals surface area contributed by atoms with E-state index < -0.39 is 11.9 Å². The summed E-state index contributed by atoms with van der Waals surface area (Å²) in [6.07, 6.45) is 1.18. The molecule has 1 amide bonds. The third-order valence-corrected chi connectivity index (χ3v) is 6.11. The summed E-state index contributed by atoms with van der Waals surface area (Å²) >= 11 is 0. The van der Waals surface area contributed by atoms with Gasteiger partial charge in [-0.3, -0.25) is 14.2 Å². The molecule has 2 aliphatic heterocycles. The van der Waals surface area contributed by atoms with Crippen LogP contribution in [0.5, 0.6) is 0 Å². The van der Waals surface area contributed by atoms with Crippen molar-refractivity contribution < 1.29 is 22.7 Å². The first-order chi connectivity index (χ1) is 16.2. The molecule has 0 aliphatic carbocycles. The van der Waals surface area contributed by atoms with Crippen molar-refractivity contribution in [1.29, 1.82) is 0 Å². The molecule has 1 saturated heterocycles. The van der Waals surface area contributed by atoms with Gasteiger partial charge < -0.3 is 15.0 Å². The monoisotopic (exact) mass is 472 g/mol. The highest BCUT2D eigenvalue weighted by molar-refractivity contribution is 5.78. The average molecular weight is 472 g/mol. The van der Waals surface area contributed by atoms with Gasteiger partial charge in [0.15, 0.2) is 5.82 Å². The lowest BCUT2D eigenvalue weighted by molar-refractivity contribution is -0.143. The average Bonchev–Trinajstić information content (AvgIpc) is 3.52. The zero-order chi connectivity index (χ0) is 24.0. The Kier molecular flexibility index (Phi) is 5.43. The molecule has 0 radical (unpaired) electrons. The molecule has 178 valence electrons. The van der Waals surface area contributed by atoms with Crippen molar-refractivity contribution in [3.63, 3.8) is 0 Å². The molecule has 0 spiro atoms. The molecule has 2 aliphatic rings. The predicted molar refractivity (Wildman–Crippen MR) is 119 cm³/mol. The van der Waals surface area contributed by atoms with Gasteiger partial charge in [-0.15, -0.1) is 0 Å². The van der Waals surface area contributed by atoms with Gasteiger partial charge in [0.2, 0.25) is 5.91 Å². The Balaban J connectivity index is 1.45. The molecule has 1 N–H and O–H groups in total. The van der Waals surface area contributed by atoms with Crippen LogP contribution in [0.1, 0.15) is 36.3 Å². The van der Waals surface area contributed by atoms with Crippen LogP contribution in [-0.2, 0) is 29.3 Å². The number of anilines is 2. The van der Waals surface area contributed by atoms with Gasteiger partial charge in [-0.2, -0.15) is 23.4 Å². The number of aryl methyl sites for hydroxylation is 1. The van der Waals surface area contributed by atoms with Crippen LogP contribution < -0.4 is 5.32 Å². The summed E-state index contributed by atoms with van der Waals surface area (Å²) in [5.74, 6) is 0.522. The third kappa shape index (κ3) is 3.96. The van der Waals surface area contributed by atoms with Crippen molar-refractivity contribution in [3.8, 4) is 11.1 Å². The molecule has 2 aromatic heterocycles. The number of aromatic nitrogens is 4. The maximum atomic E-state index is 13.4. The summed E-state index contributed by atoms with van der Waals surface area (Å²) in [7, 11) is 1.27. The standard InChI is InChI=1S/C23H23F3N6O2/c1-14(33)31-9-7-20-19(12-31)22(29-32(20)17-8-10-34-13-17)28-16-5-3-15(4-6-16)18-11-27-30(2)21(18)23(24,25)26/h3-7,9,11,17H,8,10,12-13H2,1-2H3,(H,28,29). The zero-order valence-electron chi connectivity index (χ0n) is 18.6. The number of hydrogen-bond donors (Lipinski definition) is 1. The first-order valence-corrected chi connectivity index (χ1v) is 10.8. The molecule has 4 heterocycles. The van der Waals surface area contributed by atoms with E-state index in [9.17, 15) is 18.0 Å². The zero-order valence-corrected chi connectivity index (χ0v) is 18.6. The van der Waals surface area contributed by atoms with E-state index in [0.717, 1.165) is 22.4 Å². The van der Waals surface area contributed by atoms with Crippen molar-refractivity contribution >= 4 is 23.5 Å². The number of fused-ring (bicyclic) bond motifs is 1. The van der Waals surface area contributed by atoms with Crippen LogP contribution in [0.2, 0.25) is 0 Å². The van der Waals surface area contributed by atoms with Crippen LogP contribution in [0.4, 0.5) is 24.7 Å². The number of benzene rings is 1. The maximum absolute atomic E-state index is 13.4. The molecular formula is C23H23F3N6O2. The van der Waals surface area contributed by atoms with Crippen molar-refractivity contribution in [2.75, 3.05) is 18.5 Å². The number of carbonyl (C=O) groups is 1. The fourth-order valence-electron chi connectivity index (χ4n) is 4.36. The summed E-state index contributed by atoms with van der Waals surface area (Å²) < 4.78 is 48.6. The van der Waals surface area contributed by atoms with Crippen molar-refractivity contribution in [1.82, 2.24) is 24.5 Å². The number of ether oxygens (including phenoxy) is 1. The minimum atomic E-state index is -4.51. The molecule has 8 nitrogen and oxygen atoms in total. The quantitative estimate of drug-likeness (QED) is 0.611. The molecule has 1 atom stereocenters. The highest BCUT2D eigenvalue weighted by Gasteiger charge is 2.37. The van der Waals surface area contributed by atoms with Crippen LogP contribution in [-0.4, -0.2) is 43.6 Å². The molecule has 1 aromatic carbocycles. The number of carbonyl (C=O) groups excluding carboxylic acids is 1. The number of amides is 1. The van der Waals surface area contributed by atoms with Gasteiger partial charge in [0.25, 0.3) is 0 Å². The first kappa shape index (κ1) is 22.2. The fraction of sp³-hybridized carbons (Fsp3) is 0.348. The van der Waals surface area contributed by atoms with Gasteiger partial charge >= 0.3 is 6.18 Å². The van der Waals surface area contributed by atoms with Gasteiger partial charge in [-0.25, -0.2) is 0 Å². The van der Waals surface area contributed by atoms with E-state index in [1.54, 1.807) is 35.4 Å². The SMILES string of the molecule is CC(=O)N1C=Cc2c(c(Nc3ccc(-c4cnn(C)c4C(F)(F)F)cc3)nn2C2CCOC2)C1. The largest absolute Gasteiger partial charge is 0.433 e. The van der Waals surface area contributed by atoms with Gasteiger partial charge in [-0.05, 0) is 30.2 Å². The summed E-state index contributed by atoms with van der Waals surface area (Å²) in [6.45, 7) is 3.12. The second-order valence-corrected chi connectivity index (χ2v) is 8.37. The lowest BCUT2D eigenvalue weighted by atomic mass is 10.1. The fourth-order valence-corrected chi connectivity index (χ4v) is 4.36. The molecule has 0 bridgehead atoms. The highest BCUT2D eigenvalue weighted by atomic mass is 19.4. The first-order valence-electron chi connectivity index (χ1n) is 10.8. The Morgan fingerprint density at radius 2 is 2.00 bits per heavy atom. The third-order valence-electron chi connectivity index (χ3n) is 6.11. The number of rotatable bonds is 4. The van der Waals surface area contributed by atoms with Crippen molar-refractivity contribution in [2.24, 2.45) is 7.05 Å². The van der Waals surface area contributed by atoms with Crippen LogP contribution in [0.25, 0.3) is 17.2 Å². The number of halogens is 3. The molecule has 5 rings (SSSR count). The lowest BCUT2D eigenvalue weighted by Gasteiger charge is -2.22. The Labute approximate surface area is 193 Å². The van der Waals surface area contributed by atoms with E-state index in [0.29, 0.717) is 36.8 Å². The van der Waals surface area contributed by atoms with E-state index in [-0.39, 0.29) is 17.5 Å². The number of alkyl halides is 3. The van der Waals surface area contributed by atoms with Gasteiger partial charge in [-0.1, -0.05) is 12.1 Å². The highest BCUT2D eigenvalue weighted by Crippen LogP contribution is 2.37. The molecule has 11 heteroatoms. The topological polar surface area (TPSA) is 77.2 Å². The van der Waals surface area contributed by atoms with Crippen molar-refractivity contribution in [3.05, 3.63) is 53.6 Å².